The predicted octanol–water partition coefficient (Wildman–Crippen LogP) is 7.02. The molecule has 0 amide bonds. The Morgan fingerprint density at radius 3 is 2.09 bits per heavy atom. The van der Waals surface area contributed by atoms with E-state index in [0.717, 1.165) is 6.42 Å². The fourth-order valence-electron chi connectivity index (χ4n) is 3.36. The van der Waals surface area contributed by atoms with Gasteiger partial charge in [-0.05, 0) is 35.0 Å². The first-order chi connectivity index (χ1) is 11.2. The highest BCUT2D eigenvalue weighted by Gasteiger charge is 2.27. The van der Waals surface area contributed by atoms with E-state index in [9.17, 15) is 0 Å². The fraction of sp³-hybridized carbons (Fsp3) is 0.391. The first-order valence-corrected chi connectivity index (χ1v) is 8.94. The minimum absolute atomic E-state index is 0.169. The minimum atomic E-state index is 0.169. The molecule has 0 heterocycles. The lowest BCUT2D eigenvalue weighted by molar-refractivity contribution is 0.417. The van der Waals surface area contributed by atoms with Crippen LogP contribution in [0, 0.1) is 0 Å². The maximum Gasteiger partial charge on any atom is -0.00349 e. The standard InChI is InChI=1S/C23H30/c1-4-5-6-13-18-23(3,22-16-11-8-12-17-22)19-20(2)21-14-9-7-10-15-21/h7-12,14-17H,2,4-6,13,18-19H2,1,3H3. The van der Waals surface area contributed by atoms with Gasteiger partial charge in [0.2, 0.25) is 0 Å². The molecule has 2 rings (SSSR count). The maximum absolute atomic E-state index is 4.38. The van der Waals surface area contributed by atoms with E-state index in [4.69, 9.17) is 0 Å². The molecule has 0 nitrogen and oxygen atoms in total. The number of allylic oxidation sites excluding steroid dienone is 1. The third kappa shape index (κ3) is 5.10. The van der Waals surface area contributed by atoms with Gasteiger partial charge in [0.25, 0.3) is 0 Å². The van der Waals surface area contributed by atoms with Crippen LogP contribution < -0.4 is 0 Å². The molecule has 122 valence electrons. The molecule has 0 spiro atoms. The summed E-state index contributed by atoms with van der Waals surface area (Å²) in [6.45, 7) is 9.06. The van der Waals surface area contributed by atoms with Crippen LogP contribution in [0.25, 0.3) is 5.57 Å². The third-order valence-electron chi connectivity index (χ3n) is 4.84. The molecule has 0 radical (unpaired) electrons. The molecule has 23 heavy (non-hydrogen) atoms. The lowest BCUT2D eigenvalue weighted by Crippen LogP contribution is -2.22. The zero-order chi connectivity index (χ0) is 16.5. The molecular formula is C23H30. The second kappa shape index (κ2) is 8.72. The minimum Gasteiger partial charge on any atom is -0.0952 e. The van der Waals surface area contributed by atoms with Gasteiger partial charge in [0.05, 0.1) is 0 Å². The normalized spacial score (nSPS) is 13.5. The molecular weight excluding hydrogens is 276 g/mol. The molecule has 0 aliphatic rings. The molecule has 0 aromatic heterocycles. The monoisotopic (exact) mass is 306 g/mol. The van der Waals surface area contributed by atoms with Crippen molar-refractivity contribution in [3.8, 4) is 0 Å². The largest absolute Gasteiger partial charge is 0.0952 e. The van der Waals surface area contributed by atoms with E-state index in [1.54, 1.807) is 0 Å². The van der Waals surface area contributed by atoms with E-state index < -0.39 is 0 Å². The van der Waals surface area contributed by atoms with Gasteiger partial charge >= 0.3 is 0 Å². The van der Waals surface area contributed by atoms with Crippen molar-refractivity contribution >= 4 is 5.57 Å². The summed E-state index contributed by atoms with van der Waals surface area (Å²) in [5.74, 6) is 0. The lowest BCUT2D eigenvalue weighted by Gasteiger charge is -2.31. The molecule has 0 aliphatic heterocycles. The number of unbranched alkanes of at least 4 members (excludes halogenated alkanes) is 3. The Balaban J connectivity index is 2.14. The molecule has 0 bridgehead atoms. The Labute approximate surface area is 142 Å². The summed E-state index contributed by atoms with van der Waals surface area (Å²) >= 11 is 0. The third-order valence-corrected chi connectivity index (χ3v) is 4.84. The van der Waals surface area contributed by atoms with Crippen LogP contribution in [0.15, 0.2) is 67.2 Å². The van der Waals surface area contributed by atoms with Gasteiger partial charge in [-0.2, -0.15) is 0 Å². The van der Waals surface area contributed by atoms with Crippen LogP contribution in [0.5, 0.6) is 0 Å². The van der Waals surface area contributed by atoms with Crippen LogP contribution in [-0.4, -0.2) is 0 Å². The van der Waals surface area contributed by atoms with Crippen molar-refractivity contribution in [3.05, 3.63) is 78.4 Å². The second-order valence-corrected chi connectivity index (χ2v) is 6.88. The first-order valence-electron chi connectivity index (χ1n) is 8.94. The van der Waals surface area contributed by atoms with Gasteiger partial charge < -0.3 is 0 Å². The summed E-state index contributed by atoms with van der Waals surface area (Å²) in [7, 11) is 0. The van der Waals surface area contributed by atoms with Crippen LogP contribution in [0.4, 0.5) is 0 Å². The summed E-state index contributed by atoms with van der Waals surface area (Å²) in [6.07, 6.45) is 7.50. The van der Waals surface area contributed by atoms with Gasteiger partial charge in [0.1, 0.15) is 0 Å². The highest BCUT2D eigenvalue weighted by atomic mass is 14.3. The molecule has 0 aliphatic carbocycles. The van der Waals surface area contributed by atoms with Crippen molar-refractivity contribution in [2.75, 3.05) is 0 Å². The van der Waals surface area contributed by atoms with E-state index >= 15 is 0 Å². The van der Waals surface area contributed by atoms with E-state index in [-0.39, 0.29) is 5.41 Å². The van der Waals surface area contributed by atoms with Crippen molar-refractivity contribution in [1.29, 1.82) is 0 Å². The quantitative estimate of drug-likeness (QED) is 0.437. The van der Waals surface area contributed by atoms with Gasteiger partial charge in [0.15, 0.2) is 0 Å². The number of hydrogen-bond acceptors (Lipinski definition) is 0. The summed E-state index contributed by atoms with van der Waals surface area (Å²) in [5, 5.41) is 0. The zero-order valence-corrected chi connectivity index (χ0v) is 14.7. The van der Waals surface area contributed by atoms with Crippen LogP contribution in [0.1, 0.15) is 63.5 Å². The number of benzene rings is 2. The molecule has 0 N–H and O–H groups in total. The van der Waals surface area contributed by atoms with E-state index in [2.05, 4.69) is 81.1 Å². The van der Waals surface area contributed by atoms with Crippen molar-refractivity contribution in [2.24, 2.45) is 0 Å². The number of hydrogen-bond donors (Lipinski definition) is 0. The van der Waals surface area contributed by atoms with Crippen molar-refractivity contribution in [2.45, 2.75) is 57.8 Å². The van der Waals surface area contributed by atoms with Crippen LogP contribution in [0.2, 0.25) is 0 Å². The molecule has 0 saturated heterocycles. The van der Waals surface area contributed by atoms with Crippen molar-refractivity contribution in [1.82, 2.24) is 0 Å². The number of rotatable bonds is 9. The smallest absolute Gasteiger partial charge is 0.00349 e. The molecule has 0 saturated carbocycles. The van der Waals surface area contributed by atoms with Crippen molar-refractivity contribution in [3.63, 3.8) is 0 Å². The van der Waals surface area contributed by atoms with Gasteiger partial charge in [0, 0.05) is 0 Å². The average molecular weight is 306 g/mol. The van der Waals surface area contributed by atoms with E-state index in [1.165, 1.54) is 48.8 Å². The predicted molar refractivity (Wildman–Crippen MR) is 103 cm³/mol. The summed E-state index contributed by atoms with van der Waals surface area (Å²) in [6, 6.07) is 21.6. The van der Waals surface area contributed by atoms with Gasteiger partial charge in [-0.3, -0.25) is 0 Å². The molecule has 1 atom stereocenters. The molecule has 2 aromatic rings. The van der Waals surface area contributed by atoms with Gasteiger partial charge in [-0.1, -0.05) is 107 Å². The van der Waals surface area contributed by atoms with Crippen LogP contribution in [-0.2, 0) is 5.41 Å². The van der Waals surface area contributed by atoms with E-state index in [1.807, 2.05) is 0 Å². The highest BCUT2D eigenvalue weighted by Crippen LogP contribution is 2.38. The summed E-state index contributed by atoms with van der Waals surface area (Å²) < 4.78 is 0. The fourth-order valence-corrected chi connectivity index (χ4v) is 3.36. The Morgan fingerprint density at radius 1 is 0.870 bits per heavy atom. The van der Waals surface area contributed by atoms with E-state index in [0.29, 0.717) is 0 Å². The lowest BCUT2D eigenvalue weighted by atomic mass is 9.73. The van der Waals surface area contributed by atoms with Gasteiger partial charge in [-0.25, -0.2) is 0 Å². The molecule has 0 fully saturated rings. The topological polar surface area (TPSA) is 0 Å². The maximum atomic E-state index is 4.38. The summed E-state index contributed by atoms with van der Waals surface area (Å²) in [5.41, 5.74) is 4.12. The Hall–Kier alpha value is -1.82. The van der Waals surface area contributed by atoms with Crippen LogP contribution >= 0.6 is 0 Å². The zero-order valence-electron chi connectivity index (χ0n) is 14.7. The first kappa shape index (κ1) is 17.5. The molecule has 2 aromatic carbocycles. The van der Waals surface area contributed by atoms with Gasteiger partial charge in [-0.15, -0.1) is 0 Å². The molecule has 0 heteroatoms. The summed E-state index contributed by atoms with van der Waals surface area (Å²) in [4.78, 5) is 0. The second-order valence-electron chi connectivity index (χ2n) is 6.88. The average Bonchev–Trinajstić information content (AvgIpc) is 2.60. The molecule has 1 unspecified atom stereocenters. The Kier molecular flexibility index (Phi) is 6.65. The Bertz CT molecular complexity index is 582. The highest BCUT2D eigenvalue weighted by molar-refractivity contribution is 5.64. The van der Waals surface area contributed by atoms with Crippen LogP contribution in [0.3, 0.4) is 0 Å². The SMILES string of the molecule is C=C(CC(C)(CCCCCC)c1ccccc1)c1ccccc1. The van der Waals surface area contributed by atoms with Crippen molar-refractivity contribution < 1.29 is 0 Å². The Morgan fingerprint density at radius 2 is 1.48 bits per heavy atom.